The summed E-state index contributed by atoms with van der Waals surface area (Å²) in [5.74, 6) is 3.31. The van der Waals surface area contributed by atoms with Crippen LogP contribution in [0.2, 0.25) is 0 Å². The van der Waals surface area contributed by atoms with Crippen molar-refractivity contribution in [3.8, 4) is 0 Å². The summed E-state index contributed by atoms with van der Waals surface area (Å²) in [6.07, 6.45) is 9.12. The van der Waals surface area contributed by atoms with E-state index in [-0.39, 0.29) is 0 Å². The molecule has 160 valence electrons. The smallest absolute Gasteiger partial charge is 0.0650 e. The fraction of sp³-hybridized carbons (Fsp3) is 0.704. The first-order valence-electron chi connectivity index (χ1n) is 12.2. The molecular formula is C27H41NO. The average Bonchev–Trinajstić information content (AvgIpc) is 3.07. The van der Waals surface area contributed by atoms with Crippen LogP contribution in [-0.2, 0) is 11.2 Å². The Hall–Kier alpha value is -1.12. The van der Waals surface area contributed by atoms with Gasteiger partial charge in [-0.25, -0.2) is 0 Å². The van der Waals surface area contributed by atoms with Gasteiger partial charge >= 0.3 is 0 Å². The van der Waals surface area contributed by atoms with E-state index in [1.54, 1.807) is 16.7 Å². The van der Waals surface area contributed by atoms with Crippen LogP contribution < -0.4 is 0 Å². The zero-order chi connectivity index (χ0) is 20.4. The number of ether oxygens (including phenoxy) is 1. The zero-order valence-corrected chi connectivity index (χ0v) is 19.1. The van der Waals surface area contributed by atoms with Crippen LogP contribution in [0.1, 0.15) is 70.4 Å². The lowest BCUT2D eigenvalue weighted by Gasteiger charge is -2.52. The molecule has 29 heavy (non-hydrogen) atoms. The molecule has 0 aliphatic heterocycles. The van der Waals surface area contributed by atoms with Crippen LogP contribution in [0.5, 0.6) is 0 Å². The highest BCUT2D eigenvalue weighted by atomic mass is 16.5. The molecular weight excluding hydrogens is 354 g/mol. The molecule has 0 heterocycles. The predicted octanol–water partition coefficient (Wildman–Crippen LogP) is 6.07. The van der Waals surface area contributed by atoms with E-state index in [1.165, 1.54) is 32.1 Å². The van der Waals surface area contributed by atoms with Crippen LogP contribution >= 0.6 is 0 Å². The molecule has 5 atom stereocenters. The zero-order valence-electron chi connectivity index (χ0n) is 19.1. The van der Waals surface area contributed by atoms with Gasteiger partial charge in [-0.2, -0.15) is 0 Å². The van der Waals surface area contributed by atoms with Gasteiger partial charge in [0, 0.05) is 6.54 Å². The van der Waals surface area contributed by atoms with Crippen LogP contribution in [0.4, 0.5) is 0 Å². The standard InChI is InChI=1S/C27H41NO/c1-5-28(6-2)16-18-29-17-14-22-11-12-25-26-20(3)19-21-9-7-8-10-23(21)24(26)13-15-27(22,25)4/h7-10,14,20,24-26H,5-6,11-13,15-19H2,1-4H3/b22-14+/t20-,24?,25?,26?,27-/m1/s1. The third-order valence-electron chi connectivity index (χ3n) is 8.73. The minimum Gasteiger partial charge on any atom is -0.376 e. The van der Waals surface area contributed by atoms with Crippen LogP contribution in [0.3, 0.4) is 0 Å². The van der Waals surface area contributed by atoms with E-state index in [1.807, 2.05) is 0 Å². The maximum absolute atomic E-state index is 6.01. The molecule has 3 aliphatic carbocycles. The second-order valence-electron chi connectivity index (χ2n) is 10.00. The Morgan fingerprint density at radius 3 is 2.76 bits per heavy atom. The van der Waals surface area contributed by atoms with Gasteiger partial charge in [-0.1, -0.05) is 63.6 Å². The third-order valence-corrected chi connectivity index (χ3v) is 8.73. The third kappa shape index (κ3) is 3.95. The number of fused-ring (bicyclic) bond motifs is 5. The molecule has 0 amide bonds. The molecule has 4 rings (SSSR count). The average molecular weight is 396 g/mol. The molecule has 1 aromatic rings. The van der Waals surface area contributed by atoms with E-state index < -0.39 is 0 Å². The highest BCUT2D eigenvalue weighted by molar-refractivity contribution is 5.37. The Morgan fingerprint density at radius 1 is 1.17 bits per heavy atom. The number of rotatable bonds is 7. The minimum atomic E-state index is 0.407. The second-order valence-corrected chi connectivity index (χ2v) is 10.00. The molecule has 0 bridgehead atoms. The van der Waals surface area contributed by atoms with Crippen molar-refractivity contribution in [3.05, 3.63) is 47.0 Å². The van der Waals surface area contributed by atoms with Gasteiger partial charge in [-0.05, 0) is 85.4 Å². The summed E-state index contributed by atoms with van der Waals surface area (Å²) in [4.78, 5) is 2.43. The maximum atomic E-state index is 6.01. The minimum absolute atomic E-state index is 0.407. The Bertz CT molecular complexity index is 721. The monoisotopic (exact) mass is 395 g/mol. The Labute approximate surface area is 178 Å². The number of likely N-dealkylation sites (N-methyl/N-ethyl adjacent to an activating group) is 1. The summed E-state index contributed by atoms with van der Waals surface area (Å²) < 4.78 is 6.01. The lowest BCUT2D eigenvalue weighted by molar-refractivity contribution is 0.0484. The number of benzene rings is 1. The van der Waals surface area contributed by atoms with E-state index >= 15 is 0 Å². The first-order valence-corrected chi connectivity index (χ1v) is 12.2. The first kappa shape index (κ1) is 21.1. The van der Waals surface area contributed by atoms with Gasteiger partial charge in [-0.15, -0.1) is 0 Å². The van der Waals surface area contributed by atoms with E-state index in [0.29, 0.717) is 5.41 Å². The topological polar surface area (TPSA) is 12.5 Å². The fourth-order valence-electron chi connectivity index (χ4n) is 7.08. The van der Waals surface area contributed by atoms with Gasteiger partial charge in [0.1, 0.15) is 0 Å². The van der Waals surface area contributed by atoms with E-state index in [2.05, 4.69) is 62.9 Å². The molecule has 2 saturated carbocycles. The number of allylic oxidation sites excluding steroid dienone is 1. The molecule has 2 fully saturated rings. The molecule has 1 aromatic carbocycles. The summed E-state index contributed by atoms with van der Waals surface area (Å²) in [7, 11) is 0. The molecule has 2 heteroatoms. The lowest BCUT2D eigenvalue weighted by atomic mass is 9.52. The fourth-order valence-corrected chi connectivity index (χ4v) is 7.08. The SMILES string of the molecule is CCN(CC)CCOC/C=C1\CCC2C3C(CC[C@]12C)c1ccccc1C[C@H]3C. The van der Waals surface area contributed by atoms with E-state index in [4.69, 9.17) is 4.74 Å². The number of hydrogen-bond acceptors (Lipinski definition) is 2. The summed E-state index contributed by atoms with van der Waals surface area (Å²) in [6, 6.07) is 9.30. The normalized spacial score (nSPS) is 34.9. The molecule has 0 aromatic heterocycles. The van der Waals surface area contributed by atoms with Crippen molar-refractivity contribution in [3.63, 3.8) is 0 Å². The van der Waals surface area contributed by atoms with Crippen molar-refractivity contribution in [2.75, 3.05) is 32.8 Å². The summed E-state index contributed by atoms with van der Waals surface area (Å²) in [5.41, 5.74) is 5.41. The van der Waals surface area contributed by atoms with Crippen molar-refractivity contribution in [1.82, 2.24) is 4.90 Å². The quantitative estimate of drug-likeness (QED) is 0.410. The van der Waals surface area contributed by atoms with Crippen LogP contribution in [0.25, 0.3) is 0 Å². The number of nitrogens with zero attached hydrogens (tertiary/aromatic N) is 1. The van der Waals surface area contributed by atoms with Crippen molar-refractivity contribution in [1.29, 1.82) is 0 Å². The van der Waals surface area contributed by atoms with E-state index in [9.17, 15) is 0 Å². The predicted molar refractivity (Wildman–Crippen MR) is 122 cm³/mol. The molecule has 0 N–H and O–H groups in total. The summed E-state index contributed by atoms with van der Waals surface area (Å²) in [6.45, 7) is 14.5. The van der Waals surface area contributed by atoms with Crippen molar-refractivity contribution < 1.29 is 4.74 Å². The van der Waals surface area contributed by atoms with Gasteiger partial charge < -0.3 is 9.64 Å². The van der Waals surface area contributed by atoms with Crippen LogP contribution in [0, 0.1) is 23.2 Å². The second kappa shape index (κ2) is 8.94. The molecule has 3 unspecified atom stereocenters. The van der Waals surface area contributed by atoms with Gasteiger partial charge in [0.15, 0.2) is 0 Å². The molecule has 3 aliphatic rings. The molecule has 0 spiro atoms. The van der Waals surface area contributed by atoms with Gasteiger partial charge in [0.2, 0.25) is 0 Å². The first-order chi connectivity index (χ1) is 14.1. The van der Waals surface area contributed by atoms with Crippen LogP contribution in [-0.4, -0.2) is 37.7 Å². The van der Waals surface area contributed by atoms with Crippen LogP contribution in [0.15, 0.2) is 35.9 Å². The van der Waals surface area contributed by atoms with Gasteiger partial charge in [0.25, 0.3) is 0 Å². The lowest BCUT2D eigenvalue weighted by Crippen LogP contribution is -2.43. The van der Waals surface area contributed by atoms with Gasteiger partial charge in [-0.3, -0.25) is 0 Å². The highest BCUT2D eigenvalue weighted by Crippen LogP contribution is 2.63. The molecule has 2 nitrogen and oxygen atoms in total. The van der Waals surface area contributed by atoms with Crippen molar-refractivity contribution in [2.24, 2.45) is 23.2 Å². The Kier molecular flexibility index (Phi) is 6.51. The Balaban J connectivity index is 1.42. The summed E-state index contributed by atoms with van der Waals surface area (Å²) in [5, 5.41) is 0. The maximum Gasteiger partial charge on any atom is 0.0650 e. The Morgan fingerprint density at radius 2 is 1.97 bits per heavy atom. The largest absolute Gasteiger partial charge is 0.376 e. The van der Waals surface area contributed by atoms with Gasteiger partial charge in [0.05, 0.1) is 13.2 Å². The molecule has 0 saturated heterocycles. The highest BCUT2D eigenvalue weighted by Gasteiger charge is 2.54. The van der Waals surface area contributed by atoms with Crippen molar-refractivity contribution in [2.45, 2.75) is 65.7 Å². The summed E-state index contributed by atoms with van der Waals surface area (Å²) >= 11 is 0. The number of hydrogen-bond donors (Lipinski definition) is 0. The molecule has 0 radical (unpaired) electrons. The van der Waals surface area contributed by atoms with E-state index in [0.717, 1.165) is 56.5 Å². The van der Waals surface area contributed by atoms with Crippen molar-refractivity contribution >= 4 is 0 Å².